The maximum atomic E-state index is 12.1. The molecule has 27 heavy (non-hydrogen) atoms. The zero-order valence-corrected chi connectivity index (χ0v) is 14.5. The Morgan fingerprint density at radius 1 is 1.04 bits per heavy atom. The smallest absolute Gasteiger partial charge is 0.344 e. The van der Waals surface area contributed by atoms with Gasteiger partial charge >= 0.3 is 5.97 Å². The van der Waals surface area contributed by atoms with Gasteiger partial charge in [0.1, 0.15) is 12.0 Å². The maximum Gasteiger partial charge on any atom is 0.344 e. The van der Waals surface area contributed by atoms with Gasteiger partial charge < -0.3 is 9.47 Å². The van der Waals surface area contributed by atoms with Crippen LogP contribution in [0.15, 0.2) is 59.7 Å². The summed E-state index contributed by atoms with van der Waals surface area (Å²) in [5.41, 5.74) is 2.31. The minimum absolute atomic E-state index is 0.327. The van der Waals surface area contributed by atoms with Gasteiger partial charge in [0.2, 0.25) is 0 Å². The fraction of sp³-hybridized carbons (Fsp3) is 0.200. The number of amides is 1. The van der Waals surface area contributed by atoms with Gasteiger partial charge in [0.15, 0.2) is 13.2 Å². The number of hydrazone groups is 1. The van der Waals surface area contributed by atoms with E-state index in [9.17, 15) is 14.4 Å². The highest BCUT2D eigenvalue weighted by molar-refractivity contribution is 6.02. The summed E-state index contributed by atoms with van der Waals surface area (Å²) in [4.78, 5) is 34.5. The quantitative estimate of drug-likeness (QED) is 0.553. The van der Waals surface area contributed by atoms with Crippen LogP contribution in [-0.4, -0.2) is 48.6 Å². The predicted molar refractivity (Wildman–Crippen MR) is 97.6 cm³/mol. The fourth-order valence-electron chi connectivity index (χ4n) is 2.51. The molecule has 1 amide bonds. The lowest BCUT2D eigenvalue weighted by molar-refractivity contribution is -0.153. The SMILES string of the molecule is O=Cc1ccc(OCC(=O)OCC(=O)N2CCC(c3ccccc3)=N2)cc1. The first kappa shape index (κ1) is 18.3. The molecule has 0 saturated heterocycles. The van der Waals surface area contributed by atoms with Crippen LogP contribution < -0.4 is 4.74 Å². The number of carbonyl (C=O) groups is 3. The molecule has 0 saturated carbocycles. The van der Waals surface area contributed by atoms with Crippen molar-refractivity contribution in [1.29, 1.82) is 0 Å². The molecule has 3 rings (SSSR count). The van der Waals surface area contributed by atoms with E-state index in [0.29, 0.717) is 30.6 Å². The first-order chi connectivity index (χ1) is 13.2. The van der Waals surface area contributed by atoms with Crippen LogP contribution in [0.5, 0.6) is 5.75 Å². The molecule has 0 bridgehead atoms. The predicted octanol–water partition coefficient (Wildman–Crippen LogP) is 2.06. The number of ether oxygens (including phenoxy) is 2. The second-order valence-electron chi connectivity index (χ2n) is 5.82. The lowest BCUT2D eigenvalue weighted by atomic mass is 10.1. The molecule has 1 aliphatic rings. The van der Waals surface area contributed by atoms with E-state index in [0.717, 1.165) is 11.3 Å². The highest BCUT2D eigenvalue weighted by atomic mass is 16.6. The molecule has 0 aliphatic carbocycles. The molecule has 1 aliphatic heterocycles. The Balaban J connectivity index is 1.44. The van der Waals surface area contributed by atoms with Crippen molar-refractivity contribution >= 4 is 23.9 Å². The standard InChI is InChI=1S/C20H18N2O5/c23-12-15-6-8-17(9-7-15)26-14-20(25)27-13-19(24)22-11-10-18(21-22)16-4-2-1-3-5-16/h1-9,12H,10-11,13-14H2. The Labute approximate surface area is 156 Å². The molecule has 0 unspecified atom stereocenters. The summed E-state index contributed by atoms with van der Waals surface area (Å²) in [5, 5.41) is 5.61. The number of aldehydes is 1. The lowest BCUT2D eigenvalue weighted by Crippen LogP contribution is -2.29. The minimum Gasteiger partial charge on any atom is -0.482 e. The number of carbonyl (C=O) groups excluding carboxylic acids is 3. The number of nitrogens with zero attached hydrogens (tertiary/aromatic N) is 2. The van der Waals surface area contributed by atoms with Crippen LogP contribution >= 0.6 is 0 Å². The summed E-state index contributed by atoms with van der Waals surface area (Å²) in [6.45, 7) is -0.260. The molecule has 7 heteroatoms. The zero-order chi connectivity index (χ0) is 19.1. The first-order valence-corrected chi connectivity index (χ1v) is 8.42. The molecule has 2 aromatic carbocycles. The lowest BCUT2D eigenvalue weighted by Gasteiger charge is -2.12. The minimum atomic E-state index is -0.658. The van der Waals surface area contributed by atoms with Crippen LogP contribution in [0, 0.1) is 0 Å². The monoisotopic (exact) mass is 366 g/mol. The highest BCUT2D eigenvalue weighted by Gasteiger charge is 2.22. The van der Waals surface area contributed by atoms with E-state index in [4.69, 9.17) is 9.47 Å². The van der Waals surface area contributed by atoms with Gasteiger partial charge in [0.25, 0.3) is 5.91 Å². The van der Waals surface area contributed by atoms with Crippen molar-refractivity contribution in [1.82, 2.24) is 5.01 Å². The third-order valence-electron chi connectivity index (χ3n) is 3.93. The summed E-state index contributed by atoms with van der Waals surface area (Å²) in [5.74, 6) is -0.612. The van der Waals surface area contributed by atoms with Crippen molar-refractivity contribution < 1.29 is 23.9 Å². The number of esters is 1. The van der Waals surface area contributed by atoms with Crippen LogP contribution in [0.2, 0.25) is 0 Å². The average Bonchev–Trinajstić information content (AvgIpc) is 3.22. The van der Waals surface area contributed by atoms with Gasteiger partial charge in [0.05, 0.1) is 12.3 Å². The molecule has 1 heterocycles. The Bertz CT molecular complexity index is 846. The van der Waals surface area contributed by atoms with Gasteiger partial charge in [-0.05, 0) is 29.8 Å². The zero-order valence-electron chi connectivity index (χ0n) is 14.5. The highest BCUT2D eigenvalue weighted by Crippen LogP contribution is 2.14. The van der Waals surface area contributed by atoms with E-state index in [1.54, 1.807) is 24.3 Å². The summed E-state index contributed by atoms with van der Waals surface area (Å²) in [7, 11) is 0. The second-order valence-corrected chi connectivity index (χ2v) is 5.82. The topological polar surface area (TPSA) is 85.3 Å². The fourth-order valence-corrected chi connectivity index (χ4v) is 2.51. The average molecular weight is 366 g/mol. The number of hydrogen-bond acceptors (Lipinski definition) is 6. The Morgan fingerprint density at radius 2 is 1.78 bits per heavy atom. The van der Waals surface area contributed by atoms with Crippen LogP contribution in [0.1, 0.15) is 22.3 Å². The van der Waals surface area contributed by atoms with Crippen molar-refractivity contribution in [3.05, 3.63) is 65.7 Å². The van der Waals surface area contributed by atoms with E-state index >= 15 is 0 Å². The van der Waals surface area contributed by atoms with Gasteiger partial charge in [-0.2, -0.15) is 5.10 Å². The van der Waals surface area contributed by atoms with Crippen molar-refractivity contribution in [2.75, 3.05) is 19.8 Å². The molecule has 0 radical (unpaired) electrons. The molecule has 138 valence electrons. The molecule has 0 aromatic heterocycles. The number of rotatable bonds is 7. The van der Waals surface area contributed by atoms with Gasteiger partial charge in [-0.25, -0.2) is 9.80 Å². The molecule has 2 aromatic rings. The van der Waals surface area contributed by atoms with Gasteiger partial charge in [-0.3, -0.25) is 9.59 Å². The van der Waals surface area contributed by atoms with E-state index in [1.165, 1.54) is 5.01 Å². The molecule has 0 N–H and O–H groups in total. The Hall–Kier alpha value is -3.48. The number of hydrogen-bond donors (Lipinski definition) is 0. The summed E-state index contributed by atoms with van der Waals surface area (Å²) in [6, 6.07) is 15.9. The van der Waals surface area contributed by atoms with E-state index < -0.39 is 12.6 Å². The van der Waals surface area contributed by atoms with Crippen molar-refractivity contribution in [2.24, 2.45) is 5.10 Å². The van der Waals surface area contributed by atoms with Gasteiger partial charge in [0, 0.05) is 12.0 Å². The molecular weight excluding hydrogens is 348 g/mol. The van der Waals surface area contributed by atoms with Gasteiger partial charge in [-0.15, -0.1) is 0 Å². The first-order valence-electron chi connectivity index (χ1n) is 8.42. The van der Waals surface area contributed by atoms with Crippen molar-refractivity contribution in [3.8, 4) is 5.75 Å². The molecule has 0 spiro atoms. The summed E-state index contributed by atoms with van der Waals surface area (Å²) < 4.78 is 10.2. The van der Waals surface area contributed by atoms with Crippen LogP contribution in [-0.2, 0) is 14.3 Å². The molecule has 7 nitrogen and oxygen atoms in total. The third kappa shape index (κ3) is 5.01. The summed E-state index contributed by atoms with van der Waals surface area (Å²) in [6.07, 6.45) is 1.37. The Kier molecular flexibility index (Phi) is 5.94. The second kappa shape index (κ2) is 8.75. The van der Waals surface area contributed by atoms with E-state index in [2.05, 4.69) is 5.10 Å². The third-order valence-corrected chi connectivity index (χ3v) is 3.93. The van der Waals surface area contributed by atoms with Gasteiger partial charge in [-0.1, -0.05) is 30.3 Å². The normalized spacial score (nSPS) is 13.0. The molecule has 0 fully saturated rings. The van der Waals surface area contributed by atoms with Crippen LogP contribution in [0.3, 0.4) is 0 Å². The van der Waals surface area contributed by atoms with E-state index in [-0.39, 0.29) is 12.5 Å². The van der Waals surface area contributed by atoms with Crippen molar-refractivity contribution in [2.45, 2.75) is 6.42 Å². The van der Waals surface area contributed by atoms with E-state index in [1.807, 2.05) is 30.3 Å². The largest absolute Gasteiger partial charge is 0.482 e. The van der Waals surface area contributed by atoms with Crippen LogP contribution in [0.25, 0.3) is 0 Å². The molecular formula is C20H18N2O5. The summed E-state index contributed by atoms with van der Waals surface area (Å²) >= 11 is 0. The number of benzene rings is 2. The Morgan fingerprint density at radius 3 is 2.48 bits per heavy atom. The van der Waals surface area contributed by atoms with Crippen molar-refractivity contribution in [3.63, 3.8) is 0 Å². The molecule has 0 atom stereocenters. The van der Waals surface area contributed by atoms with Crippen LogP contribution in [0.4, 0.5) is 0 Å². The maximum absolute atomic E-state index is 12.1.